The molecule has 1 aromatic heterocycles. The fourth-order valence-corrected chi connectivity index (χ4v) is 4.72. The molecule has 0 spiro atoms. The maximum atomic E-state index is 12.6. The third kappa shape index (κ3) is 6.15. The molecule has 1 N–H and O–H groups in total. The van der Waals surface area contributed by atoms with Gasteiger partial charge in [0.25, 0.3) is 0 Å². The number of nitrogens with one attached hydrogen (secondary N) is 1. The van der Waals surface area contributed by atoms with Gasteiger partial charge in [-0.05, 0) is 50.1 Å². The molecule has 1 heterocycles. The van der Waals surface area contributed by atoms with Gasteiger partial charge in [-0.3, -0.25) is 0 Å². The van der Waals surface area contributed by atoms with Gasteiger partial charge in [-0.1, -0.05) is 50.5 Å². The van der Waals surface area contributed by atoms with Crippen LogP contribution in [0.15, 0.2) is 53.4 Å². The van der Waals surface area contributed by atoms with Crippen LogP contribution in [-0.4, -0.2) is 24.0 Å². The van der Waals surface area contributed by atoms with Crippen molar-refractivity contribution >= 4 is 21.1 Å². The molecular weight excluding hydrogens is 393 g/mol. The summed E-state index contributed by atoms with van der Waals surface area (Å²) >= 11 is 0. The van der Waals surface area contributed by atoms with Crippen molar-refractivity contribution in [1.82, 2.24) is 14.3 Å². The van der Waals surface area contributed by atoms with Gasteiger partial charge in [-0.25, -0.2) is 18.1 Å². The van der Waals surface area contributed by atoms with Crippen molar-refractivity contribution in [1.29, 1.82) is 0 Å². The van der Waals surface area contributed by atoms with Crippen LogP contribution in [0.5, 0.6) is 0 Å². The van der Waals surface area contributed by atoms with Crippen molar-refractivity contribution in [2.45, 2.75) is 63.9 Å². The zero-order chi connectivity index (χ0) is 20.1. The Morgan fingerprint density at radius 2 is 1.79 bits per heavy atom. The van der Waals surface area contributed by atoms with E-state index in [2.05, 4.69) is 27.3 Å². The van der Waals surface area contributed by atoms with Crippen LogP contribution in [0, 0.1) is 6.92 Å². The molecule has 0 aliphatic rings. The summed E-state index contributed by atoms with van der Waals surface area (Å²) in [6, 6.07) is 15.1. The maximum absolute atomic E-state index is 12.6. The second-order valence-corrected chi connectivity index (χ2v) is 9.11. The molecule has 0 radical (unpaired) electrons. The molecule has 1 unspecified atom stereocenters. The standard InChI is InChI=1S/C22H29N3O2S.Na.H/c1-4-5-6-9-17(2)24-28(26,27)20-14-12-19(13-15-20)16-25-18(3)23-21-10-7-8-11-22(21)25;;/h7-8,10-15,17,24H,4-6,9,16H2,1-3H3;;/q;+1;-1. The molecule has 3 rings (SSSR count). The Morgan fingerprint density at radius 1 is 1.10 bits per heavy atom. The van der Waals surface area contributed by atoms with Crippen molar-refractivity contribution in [3.8, 4) is 0 Å². The van der Waals surface area contributed by atoms with Crippen molar-refractivity contribution in [2.75, 3.05) is 0 Å². The second-order valence-electron chi connectivity index (χ2n) is 7.40. The number of nitrogens with zero attached hydrogens (tertiary/aromatic N) is 2. The van der Waals surface area contributed by atoms with Crippen LogP contribution in [0.25, 0.3) is 11.0 Å². The predicted molar refractivity (Wildman–Crippen MR) is 115 cm³/mol. The Hall–Kier alpha value is -1.18. The average Bonchev–Trinajstić information content (AvgIpc) is 2.97. The predicted octanol–water partition coefficient (Wildman–Crippen LogP) is 1.76. The third-order valence-electron chi connectivity index (χ3n) is 5.02. The van der Waals surface area contributed by atoms with Gasteiger partial charge in [0.05, 0.1) is 15.9 Å². The summed E-state index contributed by atoms with van der Waals surface area (Å²) < 4.78 is 30.1. The summed E-state index contributed by atoms with van der Waals surface area (Å²) in [5.74, 6) is 0.945. The SMILES string of the molecule is CCCCCC(C)NS(=O)(=O)c1ccc(Cn2c(C)nc3ccccc32)cc1.[H-].[Na+]. The van der Waals surface area contributed by atoms with Crippen LogP contribution >= 0.6 is 0 Å². The van der Waals surface area contributed by atoms with E-state index in [1.807, 2.05) is 44.2 Å². The third-order valence-corrected chi connectivity index (χ3v) is 6.62. The van der Waals surface area contributed by atoms with Crippen LogP contribution in [0.4, 0.5) is 0 Å². The Kier molecular flexibility index (Phi) is 8.91. The average molecular weight is 424 g/mol. The van der Waals surface area contributed by atoms with Crippen molar-refractivity contribution in [3.05, 3.63) is 59.9 Å². The number of sulfonamides is 1. The van der Waals surface area contributed by atoms with Gasteiger partial charge in [-0.2, -0.15) is 0 Å². The van der Waals surface area contributed by atoms with E-state index in [4.69, 9.17) is 0 Å². The van der Waals surface area contributed by atoms with Crippen LogP contribution in [0.3, 0.4) is 0 Å². The van der Waals surface area contributed by atoms with E-state index in [0.717, 1.165) is 48.1 Å². The van der Waals surface area contributed by atoms with E-state index in [1.54, 1.807) is 12.1 Å². The fourth-order valence-electron chi connectivity index (χ4n) is 3.44. The monoisotopic (exact) mass is 423 g/mol. The zero-order valence-corrected chi connectivity index (χ0v) is 20.7. The number of para-hydroxylation sites is 2. The van der Waals surface area contributed by atoms with E-state index in [0.29, 0.717) is 11.4 Å². The Bertz CT molecular complexity index is 1040. The maximum Gasteiger partial charge on any atom is 1.00 e. The summed E-state index contributed by atoms with van der Waals surface area (Å²) in [4.78, 5) is 4.90. The molecule has 0 saturated carbocycles. The summed E-state index contributed by atoms with van der Waals surface area (Å²) in [5.41, 5.74) is 3.10. The molecule has 2 aromatic carbocycles. The molecule has 1 atom stereocenters. The minimum absolute atomic E-state index is 0. The van der Waals surface area contributed by atoms with Gasteiger partial charge >= 0.3 is 29.6 Å². The summed E-state index contributed by atoms with van der Waals surface area (Å²) in [7, 11) is -3.49. The van der Waals surface area contributed by atoms with E-state index >= 15 is 0 Å². The number of hydrogen-bond acceptors (Lipinski definition) is 3. The number of aromatic nitrogens is 2. The molecule has 29 heavy (non-hydrogen) atoms. The first-order valence-electron chi connectivity index (χ1n) is 9.94. The van der Waals surface area contributed by atoms with Crippen molar-refractivity contribution in [2.24, 2.45) is 0 Å². The van der Waals surface area contributed by atoms with E-state index in [-0.39, 0.29) is 37.0 Å². The number of unbranched alkanes of at least 4 members (excludes halogenated alkanes) is 2. The van der Waals surface area contributed by atoms with E-state index in [1.165, 1.54) is 0 Å². The van der Waals surface area contributed by atoms with Gasteiger partial charge in [0.15, 0.2) is 0 Å². The molecule has 5 nitrogen and oxygen atoms in total. The minimum Gasteiger partial charge on any atom is -1.00 e. The van der Waals surface area contributed by atoms with Crippen LogP contribution < -0.4 is 34.3 Å². The molecule has 0 aliphatic carbocycles. The Labute approximate surface area is 197 Å². The topological polar surface area (TPSA) is 64.0 Å². The first-order valence-corrected chi connectivity index (χ1v) is 11.4. The van der Waals surface area contributed by atoms with Gasteiger partial charge in [-0.15, -0.1) is 0 Å². The molecule has 152 valence electrons. The number of rotatable bonds is 9. The van der Waals surface area contributed by atoms with Gasteiger partial charge < -0.3 is 5.99 Å². The summed E-state index contributed by atoms with van der Waals surface area (Å²) in [6.45, 7) is 6.72. The van der Waals surface area contributed by atoms with Gasteiger partial charge in [0.2, 0.25) is 10.0 Å². The molecule has 0 amide bonds. The smallest absolute Gasteiger partial charge is 1.00 e. The van der Waals surface area contributed by atoms with Crippen molar-refractivity contribution < 1.29 is 39.4 Å². The number of fused-ring (bicyclic) bond motifs is 1. The van der Waals surface area contributed by atoms with E-state index in [9.17, 15) is 8.42 Å². The molecule has 0 fully saturated rings. The second kappa shape index (κ2) is 10.7. The summed E-state index contributed by atoms with van der Waals surface area (Å²) in [5, 5.41) is 0. The van der Waals surface area contributed by atoms with Gasteiger partial charge in [0, 0.05) is 12.6 Å². The molecule has 0 saturated heterocycles. The number of imidazole rings is 1. The number of aryl methyl sites for hydroxylation is 1. The van der Waals surface area contributed by atoms with Crippen LogP contribution in [0.1, 0.15) is 52.3 Å². The quantitative estimate of drug-likeness (QED) is 0.421. The molecule has 7 heteroatoms. The Balaban J connectivity index is 0.00000225. The molecule has 0 aliphatic heterocycles. The summed E-state index contributed by atoms with van der Waals surface area (Å²) in [6.07, 6.45) is 4.16. The van der Waals surface area contributed by atoms with E-state index < -0.39 is 10.0 Å². The van der Waals surface area contributed by atoms with Gasteiger partial charge in [0.1, 0.15) is 5.82 Å². The zero-order valence-electron chi connectivity index (χ0n) is 18.9. The molecular formula is C22H30N3NaO2S. The van der Waals surface area contributed by atoms with Crippen molar-refractivity contribution in [3.63, 3.8) is 0 Å². The molecule has 3 aromatic rings. The largest absolute Gasteiger partial charge is 1.00 e. The Morgan fingerprint density at radius 3 is 2.48 bits per heavy atom. The first kappa shape index (κ1) is 24.1. The van der Waals surface area contributed by atoms with Crippen LogP contribution in [0.2, 0.25) is 0 Å². The van der Waals surface area contributed by atoms with Crippen LogP contribution in [-0.2, 0) is 16.6 Å². The fraction of sp³-hybridized carbons (Fsp3) is 0.409. The number of benzene rings is 2. The normalized spacial score (nSPS) is 12.7. The number of hydrogen-bond donors (Lipinski definition) is 1. The molecule has 0 bridgehead atoms. The first-order chi connectivity index (χ1) is 13.4. The minimum atomic E-state index is -3.49.